The third kappa shape index (κ3) is 6.97. The summed E-state index contributed by atoms with van der Waals surface area (Å²) < 4.78 is 0. The minimum atomic E-state index is 0. The number of benzene rings is 1. The Morgan fingerprint density at radius 3 is 2.67 bits per heavy atom. The number of aliphatic imine (C=N–C) groups is 1. The van der Waals surface area contributed by atoms with E-state index in [4.69, 9.17) is 0 Å². The maximum absolute atomic E-state index is 4.33. The van der Waals surface area contributed by atoms with Crippen LogP contribution in [0.1, 0.15) is 38.7 Å². The molecular formula is C19H33IN4. The first-order valence-corrected chi connectivity index (χ1v) is 8.95. The Balaban J connectivity index is 0.00000288. The number of piperidine rings is 1. The second kappa shape index (κ2) is 11.7. The topological polar surface area (TPSA) is 39.7 Å². The molecule has 2 rings (SSSR count). The van der Waals surface area contributed by atoms with E-state index in [1.54, 1.807) is 0 Å². The van der Waals surface area contributed by atoms with E-state index in [9.17, 15) is 0 Å². The number of halogens is 1. The van der Waals surface area contributed by atoms with Crippen LogP contribution in [0.25, 0.3) is 0 Å². The van der Waals surface area contributed by atoms with Crippen molar-refractivity contribution in [2.24, 2.45) is 4.99 Å². The third-order valence-corrected chi connectivity index (χ3v) is 4.76. The number of guanidine groups is 1. The molecule has 1 aromatic rings. The van der Waals surface area contributed by atoms with Gasteiger partial charge in [0.2, 0.25) is 0 Å². The fourth-order valence-electron chi connectivity index (χ4n) is 3.33. The molecule has 0 radical (unpaired) electrons. The highest BCUT2D eigenvalue weighted by atomic mass is 127. The molecule has 1 aliphatic heterocycles. The number of rotatable bonds is 6. The van der Waals surface area contributed by atoms with Crippen molar-refractivity contribution in [3.8, 4) is 0 Å². The van der Waals surface area contributed by atoms with Crippen molar-refractivity contribution in [1.29, 1.82) is 0 Å². The summed E-state index contributed by atoms with van der Waals surface area (Å²) in [5, 5.41) is 6.88. The molecule has 1 heterocycles. The molecule has 2 N–H and O–H groups in total. The molecule has 24 heavy (non-hydrogen) atoms. The van der Waals surface area contributed by atoms with Crippen molar-refractivity contribution in [2.45, 2.75) is 51.6 Å². The lowest BCUT2D eigenvalue weighted by Crippen LogP contribution is -2.50. The molecule has 2 unspecified atom stereocenters. The van der Waals surface area contributed by atoms with E-state index >= 15 is 0 Å². The lowest BCUT2D eigenvalue weighted by atomic mass is 10.0. The van der Waals surface area contributed by atoms with E-state index in [1.165, 1.54) is 31.4 Å². The van der Waals surface area contributed by atoms with E-state index in [2.05, 4.69) is 64.7 Å². The van der Waals surface area contributed by atoms with Gasteiger partial charge in [0, 0.05) is 32.2 Å². The normalized spacial score (nSPS) is 20.1. The number of hydrogen-bond acceptors (Lipinski definition) is 2. The maximum Gasteiger partial charge on any atom is 0.191 e. The average Bonchev–Trinajstić information content (AvgIpc) is 2.59. The standard InChI is InChI=1S/C19H32N4.HI/c1-16-9-7-8-14-23(16)17(2)15-22-19(20-3)21-13-12-18-10-5-4-6-11-18;/h4-6,10-11,16-17H,7-9,12-15H2,1-3H3,(H2,20,21,22);1H. The Morgan fingerprint density at radius 1 is 1.25 bits per heavy atom. The Kier molecular flexibility index (Phi) is 10.3. The molecule has 1 saturated heterocycles. The summed E-state index contributed by atoms with van der Waals surface area (Å²) in [5.74, 6) is 0.900. The predicted octanol–water partition coefficient (Wildman–Crippen LogP) is 3.28. The summed E-state index contributed by atoms with van der Waals surface area (Å²) in [6, 6.07) is 11.8. The Bertz CT molecular complexity index is 478. The van der Waals surface area contributed by atoms with Crippen LogP contribution in [0.2, 0.25) is 0 Å². The van der Waals surface area contributed by atoms with Gasteiger partial charge in [-0.25, -0.2) is 0 Å². The Labute approximate surface area is 164 Å². The van der Waals surface area contributed by atoms with Gasteiger partial charge in [0.15, 0.2) is 5.96 Å². The van der Waals surface area contributed by atoms with Crippen LogP contribution in [0, 0.1) is 0 Å². The van der Waals surface area contributed by atoms with Crippen LogP contribution in [0.15, 0.2) is 35.3 Å². The molecule has 0 aliphatic carbocycles. The smallest absolute Gasteiger partial charge is 0.191 e. The molecule has 136 valence electrons. The van der Waals surface area contributed by atoms with Gasteiger partial charge in [-0.05, 0) is 45.2 Å². The van der Waals surface area contributed by atoms with Crippen LogP contribution in [0.3, 0.4) is 0 Å². The molecule has 0 spiro atoms. The first-order valence-electron chi connectivity index (χ1n) is 8.95. The highest BCUT2D eigenvalue weighted by molar-refractivity contribution is 14.0. The molecule has 1 aliphatic rings. The molecule has 1 fully saturated rings. The summed E-state index contributed by atoms with van der Waals surface area (Å²) in [6.45, 7) is 7.73. The van der Waals surface area contributed by atoms with Crippen molar-refractivity contribution in [1.82, 2.24) is 15.5 Å². The summed E-state index contributed by atoms with van der Waals surface area (Å²) in [5.41, 5.74) is 1.35. The zero-order valence-electron chi connectivity index (χ0n) is 15.3. The van der Waals surface area contributed by atoms with Crippen LogP contribution in [-0.2, 0) is 6.42 Å². The van der Waals surface area contributed by atoms with Crippen molar-refractivity contribution in [2.75, 3.05) is 26.7 Å². The van der Waals surface area contributed by atoms with Gasteiger partial charge in [-0.15, -0.1) is 24.0 Å². The third-order valence-electron chi connectivity index (χ3n) is 4.76. The first kappa shape index (κ1) is 21.2. The van der Waals surface area contributed by atoms with E-state index in [1.807, 2.05) is 7.05 Å². The zero-order valence-corrected chi connectivity index (χ0v) is 17.6. The Morgan fingerprint density at radius 2 is 2.00 bits per heavy atom. The summed E-state index contributed by atoms with van der Waals surface area (Å²) in [4.78, 5) is 6.95. The van der Waals surface area contributed by atoms with Gasteiger partial charge < -0.3 is 10.6 Å². The lowest BCUT2D eigenvalue weighted by Gasteiger charge is -2.38. The van der Waals surface area contributed by atoms with Crippen LogP contribution in [0.5, 0.6) is 0 Å². The van der Waals surface area contributed by atoms with Gasteiger partial charge >= 0.3 is 0 Å². The van der Waals surface area contributed by atoms with E-state index in [0.29, 0.717) is 12.1 Å². The van der Waals surface area contributed by atoms with Crippen LogP contribution in [0.4, 0.5) is 0 Å². The molecule has 4 nitrogen and oxygen atoms in total. The van der Waals surface area contributed by atoms with Crippen LogP contribution in [-0.4, -0.2) is 49.6 Å². The van der Waals surface area contributed by atoms with Gasteiger partial charge in [-0.3, -0.25) is 9.89 Å². The van der Waals surface area contributed by atoms with E-state index in [-0.39, 0.29) is 24.0 Å². The van der Waals surface area contributed by atoms with E-state index in [0.717, 1.165) is 25.5 Å². The average molecular weight is 444 g/mol. The number of nitrogens with one attached hydrogen (secondary N) is 2. The van der Waals surface area contributed by atoms with Gasteiger partial charge in [0.05, 0.1) is 0 Å². The summed E-state index contributed by atoms with van der Waals surface area (Å²) >= 11 is 0. The van der Waals surface area contributed by atoms with Crippen LogP contribution < -0.4 is 10.6 Å². The quantitative estimate of drug-likeness (QED) is 0.402. The molecule has 0 saturated carbocycles. The van der Waals surface area contributed by atoms with Crippen molar-refractivity contribution < 1.29 is 0 Å². The minimum absolute atomic E-state index is 0. The van der Waals surface area contributed by atoms with Gasteiger partial charge in [-0.1, -0.05) is 36.8 Å². The lowest BCUT2D eigenvalue weighted by molar-refractivity contribution is 0.115. The molecule has 5 heteroatoms. The zero-order chi connectivity index (χ0) is 16.5. The first-order chi connectivity index (χ1) is 11.2. The highest BCUT2D eigenvalue weighted by Crippen LogP contribution is 2.18. The van der Waals surface area contributed by atoms with Gasteiger partial charge in [0.1, 0.15) is 0 Å². The predicted molar refractivity (Wildman–Crippen MR) is 114 cm³/mol. The molecular weight excluding hydrogens is 411 g/mol. The second-order valence-electron chi connectivity index (χ2n) is 6.55. The second-order valence-corrected chi connectivity index (χ2v) is 6.55. The minimum Gasteiger partial charge on any atom is -0.356 e. The van der Waals surface area contributed by atoms with Gasteiger partial charge in [-0.2, -0.15) is 0 Å². The molecule has 0 amide bonds. The molecule has 2 atom stereocenters. The van der Waals surface area contributed by atoms with Crippen molar-refractivity contribution in [3.63, 3.8) is 0 Å². The summed E-state index contributed by atoms with van der Waals surface area (Å²) in [7, 11) is 1.84. The van der Waals surface area contributed by atoms with Crippen LogP contribution >= 0.6 is 24.0 Å². The number of hydrogen-bond donors (Lipinski definition) is 2. The Hall–Kier alpha value is -0.820. The SMILES string of the molecule is CN=C(NCCc1ccccc1)NCC(C)N1CCCCC1C.I. The largest absolute Gasteiger partial charge is 0.356 e. The molecule has 0 bridgehead atoms. The fraction of sp³-hybridized carbons (Fsp3) is 0.632. The fourth-order valence-corrected chi connectivity index (χ4v) is 3.33. The van der Waals surface area contributed by atoms with Gasteiger partial charge in [0.25, 0.3) is 0 Å². The highest BCUT2D eigenvalue weighted by Gasteiger charge is 2.22. The maximum atomic E-state index is 4.33. The van der Waals surface area contributed by atoms with Crippen molar-refractivity contribution in [3.05, 3.63) is 35.9 Å². The molecule has 0 aromatic heterocycles. The number of nitrogens with zero attached hydrogens (tertiary/aromatic N) is 2. The van der Waals surface area contributed by atoms with E-state index < -0.39 is 0 Å². The number of likely N-dealkylation sites (tertiary alicyclic amines) is 1. The monoisotopic (exact) mass is 444 g/mol. The summed E-state index contributed by atoms with van der Waals surface area (Å²) in [6.07, 6.45) is 5.05. The molecule has 1 aromatic carbocycles. The van der Waals surface area contributed by atoms with Crippen molar-refractivity contribution >= 4 is 29.9 Å².